The Bertz CT molecular complexity index is 1380. The van der Waals surface area contributed by atoms with Gasteiger partial charge in [-0.2, -0.15) is 11.8 Å². The standard InChI is InChI=1S/C24H21FN4O2S3/c1-15-3-2-8-28-20(15)26-21(27-9-11-33-12-10-27)18(22(28)30)13-19-23(31)29(24(32)34-19)14-16-4-6-17(25)7-5-16/h2-8,13H,9-12,14H2,1H3/b19-13-. The largest absolute Gasteiger partial charge is 0.354 e. The van der Waals surface area contributed by atoms with E-state index in [1.807, 2.05) is 30.8 Å². The third-order valence-electron chi connectivity index (χ3n) is 5.78. The van der Waals surface area contributed by atoms with Crippen LogP contribution in [0.15, 0.2) is 52.3 Å². The van der Waals surface area contributed by atoms with E-state index in [4.69, 9.17) is 17.2 Å². The topological polar surface area (TPSA) is 57.9 Å². The molecule has 0 saturated carbocycles. The number of hydrogen-bond acceptors (Lipinski definition) is 7. The quantitative estimate of drug-likeness (QED) is 0.385. The number of rotatable bonds is 4. The van der Waals surface area contributed by atoms with E-state index in [9.17, 15) is 14.0 Å². The third kappa shape index (κ3) is 4.37. The zero-order chi connectivity index (χ0) is 23.8. The van der Waals surface area contributed by atoms with Gasteiger partial charge >= 0.3 is 0 Å². The number of aryl methyl sites for hydroxylation is 1. The van der Waals surface area contributed by atoms with Gasteiger partial charge in [0.05, 0.1) is 17.0 Å². The first kappa shape index (κ1) is 23.1. The summed E-state index contributed by atoms with van der Waals surface area (Å²) in [6.07, 6.45) is 3.33. The third-order valence-corrected chi connectivity index (χ3v) is 8.10. The molecule has 1 aromatic carbocycles. The zero-order valence-corrected chi connectivity index (χ0v) is 20.8. The average molecular weight is 513 g/mol. The molecule has 2 aliphatic rings. The van der Waals surface area contributed by atoms with Crippen LogP contribution in [0.3, 0.4) is 0 Å². The van der Waals surface area contributed by atoms with Crippen LogP contribution >= 0.6 is 35.7 Å². The summed E-state index contributed by atoms with van der Waals surface area (Å²) in [6, 6.07) is 9.72. The van der Waals surface area contributed by atoms with E-state index >= 15 is 0 Å². The molecular formula is C24H21FN4O2S3. The van der Waals surface area contributed by atoms with Crippen LogP contribution in [0.1, 0.15) is 16.7 Å². The molecule has 6 nitrogen and oxygen atoms in total. The highest BCUT2D eigenvalue weighted by atomic mass is 32.2. The average Bonchev–Trinajstić information content (AvgIpc) is 3.10. The van der Waals surface area contributed by atoms with Gasteiger partial charge in [0.15, 0.2) is 0 Å². The van der Waals surface area contributed by atoms with Crippen LogP contribution in [0.5, 0.6) is 0 Å². The summed E-state index contributed by atoms with van der Waals surface area (Å²) in [6.45, 7) is 3.74. The van der Waals surface area contributed by atoms with E-state index < -0.39 is 0 Å². The highest BCUT2D eigenvalue weighted by Gasteiger charge is 2.33. The van der Waals surface area contributed by atoms with Crippen LogP contribution in [-0.4, -0.2) is 49.1 Å². The van der Waals surface area contributed by atoms with E-state index in [0.29, 0.717) is 26.3 Å². The molecule has 1 amide bonds. The number of carbonyl (C=O) groups is 1. The Morgan fingerprint density at radius 2 is 1.88 bits per heavy atom. The van der Waals surface area contributed by atoms with Crippen molar-refractivity contribution in [3.05, 3.63) is 80.4 Å². The maximum atomic E-state index is 13.6. The van der Waals surface area contributed by atoms with Gasteiger partial charge in [-0.05, 0) is 42.3 Å². The van der Waals surface area contributed by atoms with Crippen LogP contribution in [0.2, 0.25) is 0 Å². The maximum absolute atomic E-state index is 13.6. The van der Waals surface area contributed by atoms with Gasteiger partial charge in [-0.1, -0.05) is 42.2 Å². The van der Waals surface area contributed by atoms with Gasteiger partial charge in [-0.3, -0.25) is 18.9 Å². The van der Waals surface area contributed by atoms with Crippen LogP contribution in [0, 0.1) is 12.7 Å². The van der Waals surface area contributed by atoms with Crippen molar-refractivity contribution in [2.45, 2.75) is 13.5 Å². The summed E-state index contributed by atoms with van der Waals surface area (Å²) in [5, 5.41) is 0. The lowest BCUT2D eigenvalue weighted by Gasteiger charge is -2.29. The van der Waals surface area contributed by atoms with Crippen molar-refractivity contribution in [2.75, 3.05) is 29.5 Å². The number of pyridine rings is 1. The lowest BCUT2D eigenvalue weighted by atomic mass is 10.2. The van der Waals surface area contributed by atoms with Crippen molar-refractivity contribution in [1.29, 1.82) is 0 Å². The van der Waals surface area contributed by atoms with Gasteiger partial charge in [0.25, 0.3) is 11.5 Å². The van der Waals surface area contributed by atoms with Gasteiger partial charge in [-0.25, -0.2) is 9.37 Å². The van der Waals surface area contributed by atoms with Crippen LogP contribution < -0.4 is 10.5 Å². The summed E-state index contributed by atoms with van der Waals surface area (Å²) < 4.78 is 15.2. The molecule has 0 atom stereocenters. The minimum atomic E-state index is -0.336. The van der Waals surface area contributed by atoms with Crippen molar-refractivity contribution in [2.24, 2.45) is 0 Å². The number of hydrogen-bond donors (Lipinski definition) is 0. The second kappa shape index (κ2) is 9.52. The Balaban J connectivity index is 1.57. The zero-order valence-electron chi connectivity index (χ0n) is 18.4. The van der Waals surface area contributed by atoms with Crippen molar-refractivity contribution in [3.8, 4) is 0 Å². The first-order chi connectivity index (χ1) is 16.4. The Kier molecular flexibility index (Phi) is 6.46. The molecule has 0 bridgehead atoms. The second-order valence-electron chi connectivity index (χ2n) is 8.03. The lowest BCUT2D eigenvalue weighted by Crippen LogP contribution is -2.36. The molecule has 0 N–H and O–H groups in total. The molecule has 4 heterocycles. The molecule has 0 spiro atoms. The molecule has 2 aliphatic heterocycles. The number of thioether (sulfide) groups is 2. The molecule has 2 aromatic heterocycles. The van der Waals surface area contributed by atoms with E-state index in [1.165, 1.54) is 33.2 Å². The fourth-order valence-corrected chi connectivity index (χ4v) is 6.12. The number of aromatic nitrogens is 2. The molecule has 34 heavy (non-hydrogen) atoms. The molecule has 3 aromatic rings. The van der Waals surface area contributed by atoms with Gasteiger partial charge in [0.1, 0.15) is 21.6 Å². The molecular weight excluding hydrogens is 491 g/mol. The SMILES string of the molecule is Cc1cccn2c(=O)c(/C=C3\SC(=S)N(Cc4ccc(F)cc4)C3=O)c(N3CCSCC3)nc12. The number of halogens is 1. The summed E-state index contributed by atoms with van der Waals surface area (Å²) >= 11 is 8.50. The Morgan fingerprint density at radius 3 is 2.62 bits per heavy atom. The molecule has 5 rings (SSSR count). The highest BCUT2D eigenvalue weighted by Crippen LogP contribution is 2.35. The predicted octanol–water partition coefficient (Wildman–Crippen LogP) is 4.10. The van der Waals surface area contributed by atoms with Crippen molar-refractivity contribution in [3.63, 3.8) is 0 Å². The number of benzene rings is 1. The summed E-state index contributed by atoms with van der Waals surface area (Å²) in [5.41, 5.74) is 2.46. The van der Waals surface area contributed by atoms with Crippen molar-refractivity contribution in [1.82, 2.24) is 14.3 Å². The molecule has 0 aliphatic carbocycles. The Morgan fingerprint density at radius 1 is 1.15 bits per heavy atom. The van der Waals surface area contributed by atoms with Crippen molar-refractivity contribution >= 4 is 63.5 Å². The van der Waals surface area contributed by atoms with Gasteiger partial charge < -0.3 is 4.90 Å². The molecule has 0 radical (unpaired) electrons. The monoisotopic (exact) mass is 512 g/mol. The number of carbonyl (C=O) groups excluding carboxylic acids is 1. The smallest absolute Gasteiger partial charge is 0.267 e. The molecule has 10 heteroatoms. The van der Waals surface area contributed by atoms with E-state index in [0.717, 1.165) is 35.7 Å². The minimum Gasteiger partial charge on any atom is -0.354 e. The van der Waals surface area contributed by atoms with Gasteiger partial charge in [0.2, 0.25) is 0 Å². The lowest BCUT2D eigenvalue weighted by molar-refractivity contribution is -0.122. The second-order valence-corrected chi connectivity index (χ2v) is 10.9. The number of nitrogens with zero attached hydrogens (tertiary/aromatic N) is 4. The number of thiocarbonyl (C=S) groups is 1. The Hall–Kier alpha value is -2.69. The first-order valence-corrected chi connectivity index (χ1v) is 13.1. The first-order valence-electron chi connectivity index (χ1n) is 10.8. The normalized spacial score (nSPS) is 17.9. The number of amides is 1. The fourth-order valence-electron chi connectivity index (χ4n) is 3.98. The van der Waals surface area contributed by atoms with Crippen LogP contribution in [0.25, 0.3) is 11.7 Å². The van der Waals surface area contributed by atoms with Crippen LogP contribution in [0.4, 0.5) is 10.2 Å². The summed E-state index contributed by atoms with van der Waals surface area (Å²) in [5.74, 6) is 1.90. The predicted molar refractivity (Wildman–Crippen MR) is 141 cm³/mol. The van der Waals surface area contributed by atoms with Gasteiger partial charge in [0, 0.05) is 30.8 Å². The van der Waals surface area contributed by atoms with Crippen molar-refractivity contribution < 1.29 is 9.18 Å². The van der Waals surface area contributed by atoms with E-state index in [2.05, 4.69) is 4.90 Å². The number of anilines is 1. The van der Waals surface area contributed by atoms with E-state index in [1.54, 1.807) is 24.4 Å². The minimum absolute atomic E-state index is 0.217. The fraction of sp³-hybridized carbons (Fsp3) is 0.250. The number of fused-ring (bicyclic) bond motifs is 1. The maximum Gasteiger partial charge on any atom is 0.267 e. The molecule has 174 valence electrons. The molecule has 2 saturated heterocycles. The van der Waals surface area contributed by atoms with Crippen LogP contribution in [-0.2, 0) is 11.3 Å². The molecule has 0 unspecified atom stereocenters. The van der Waals surface area contributed by atoms with Gasteiger partial charge in [-0.15, -0.1) is 0 Å². The Labute approximate surface area is 209 Å². The summed E-state index contributed by atoms with van der Waals surface area (Å²) in [4.78, 5) is 35.7. The molecule has 2 fully saturated rings. The highest BCUT2D eigenvalue weighted by molar-refractivity contribution is 8.26. The summed E-state index contributed by atoms with van der Waals surface area (Å²) in [7, 11) is 0. The van der Waals surface area contributed by atoms with E-state index in [-0.39, 0.29) is 23.8 Å².